The van der Waals surface area contributed by atoms with Crippen molar-refractivity contribution >= 4 is 5.91 Å². The lowest BCUT2D eigenvalue weighted by Gasteiger charge is -2.09. The molecule has 1 aromatic heterocycles. The standard InChI is InChI=1S/C25H19N3O4/c29-25(26-14-17-9-10-22-23(11-17)31-16-30-22)19-6-4-5-18(12-19)21-13-24(28-15-27-21)32-20-7-2-1-3-8-20/h1-13,15H,14,16H2,(H,26,29). The molecule has 5 rings (SSSR count). The molecule has 0 spiro atoms. The molecule has 0 fully saturated rings. The van der Waals surface area contributed by atoms with E-state index in [9.17, 15) is 4.79 Å². The maximum atomic E-state index is 12.7. The number of aromatic nitrogens is 2. The average molecular weight is 425 g/mol. The van der Waals surface area contributed by atoms with Gasteiger partial charge in [0, 0.05) is 23.7 Å². The molecule has 0 atom stereocenters. The van der Waals surface area contributed by atoms with Crippen LogP contribution in [0.3, 0.4) is 0 Å². The molecule has 32 heavy (non-hydrogen) atoms. The fraction of sp³-hybridized carbons (Fsp3) is 0.0800. The van der Waals surface area contributed by atoms with Gasteiger partial charge in [-0.2, -0.15) is 0 Å². The van der Waals surface area contributed by atoms with Crippen molar-refractivity contribution in [3.8, 4) is 34.4 Å². The van der Waals surface area contributed by atoms with E-state index in [1.807, 2.05) is 60.7 Å². The fourth-order valence-corrected chi connectivity index (χ4v) is 3.32. The van der Waals surface area contributed by atoms with E-state index < -0.39 is 0 Å². The molecule has 1 aliphatic heterocycles. The van der Waals surface area contributed by atoms with Crippen molar-refractivity contribution < 1.29 is 19.0 Å². The second-order valence-electron chi connectivity index (χ2n) is 7.11. The number of ether oxygens (including phenoxy) is 3. The minimum atomic E-state index is -0.181. The molecule has 0 bridgehead atoms. The number of rotatable bonds is 6. The summed E-state index contributed by atoms with van der Waals surface area (Å²) in [6, 6.07) is 24.0. The second kappa shape index (κ2) is 8.77. The molecule has 1 N–H and O–H groups in total. The van der Waals surface area contributed by atoms with Crippen LogP contribution in [0.2, 0.25) is 0 Å². The van der Waals surface area contributed by atoms with Crippen LogP contribution in [0.15, 0.2) is 85.2 Å². The lowest BCUT2D eigenvalue weighted by atomic mass is 10.1. The molecule has 1 amide bonds. The Labute approximate surface area is 184 Å². The molecule has 158 valence electrons. The highest BCUT2D eigenvalue weighted by molar-refractivity contribution is 5.95. The van der Waals surface area contributed by atoms with Gasteiger partial charge in [0.2, 0.25) is 12.7 Å². The Morgan fingerprint density at radius 3 is 2.69 bits per heavy atom. The summed E-state index contributed by atoms with van der Waals surface area (Å²) >= 11 is 0. The van der Waals surface area contributed by atoms with E-state index in [2.05, 4.69) is 15.3 Å². The van der Waals surface area contributed by atoms with Crippen molar-refractivity contribution in [3.05, 3.63) is 96.3 Å². The number of nitrogens with one attached hydrogen (secondary N) is 1. The van der Waals surface area contributed by atoms with Crippen molar-refractivity contribution in [3.63, 3.8) is 0 Å². The summed E-state index contributed by atoms with van der Waals surface area (Å²) in [5.41, 5.74) is 2.92. The number of fused-ring (bicyclic) bond motifs is 1. The van der Waals surface area contributed by atoms with E-state index in [0.717, 1.165) is 11.1 Å². The molecule has 0 saturated carbocycles. The Morgan fingerprint density at radius 2 is 1.78 bits per heavy atom. The lowest BCUT2D eigenvalue weighted by molar-refractivity contribution is 0.0951. The molecular formula is C25H19N3O4. The smallest absolute Gasteiger partial charge is 0.251 e. The summed E-state index contributed by atoms with van der Waals surface area (Å²) in [5, 5.41) is 2.94. The number of para-hydroxylation sites is 1. The van der Waals surface area contributed by atoms with Crippen molar-refractivity contribution in [2.75, 3.05) is 6.79 Å². The molecule has 1 aliphatic rings. The summed E-state index contributed by atoms with van der Waals surface area (Å²) in [7, 11) is 0. The number of hydrogen-bond acceptors (Lipinski definition) is 6. The van der Waals surface area contributed by atoms with Gasteiger partial charge in [-0.3, -0.25) is 4.79 Å². The van der Waals surface area contributed by atoms with Gasteiger partial charge in [0.1, 0.15) is 12.1 Å². The number of amides is 1. The first kappa shape index (κ1) is 19.6. The molecule has 7 nitrogen and oxygen atoms in total. The van der Waals surface area contributed by atoms with Gasteiger partial charge in [0.05, 0.1) is 5.69 Å². The lowest BCUT2D eigenvalue weighted by Crippen LogP contribution is -2.22. The summed E-state index contributed by atoms with van der Waals surface area (Å²) in [6.07, 6.45) is 1.44. The fourth-order valence-electron chi connectivity index (χ4n) is 3.32. The highest BCUT2D eigenvalue weighted by Crippen LogP contribution is 2.32. The summed E-state index contributed by atoms with van der Waals surface area (Å²) in [4.78, 5) is 21.2. The van der Waals surface area contributed by atoms with E-state index >= 15 is 0 Å². The quantitative estimate of drug-likeness (QED) is 0.486. The maximum absolute atomic E-state index is 12.7. The zero-order chi connectivity index (χ0) is 21.8. The molecule has 2 heterocycles. The van der Waals surface area contributed by atoms with Crippen LogP contribution in [0.1, 0.15) is 15.9 Å². The first-order valence-corrected chi connectivity index (χ1v) is 10.1. The third kappa shape index (κ3) is 4.37. The van der Waals surface area contributed by atoms with Crippen molar-refractivity contribution in [2.24, 2.45) is 0 Å². The van der Waals surface area contributed by atoms with Crippen LogP contribution in [0.5, 0.6) is 23.1 Å². The maximum Gasteiger partial charge on any atom is 0.251 e. The Morgan fingerprint density at radius 1 is 0.906 bits per heavy atom. The van der Waals surface area contributed by atoms with Gasteiger partial charge in [-0.25, -0.2) is 9.97 Å². The second-order valence-corrected chi connectivity index (χ2v) is 7.11. The third-order valence-corrected chi connectivity index (χ3v) is 4.92. The molecule has 7 heteroatoms. The first-order valence-electron chi connectivity index (χ1n) is 10.1. The topological polar surface area (TPSA) is 82.6 Å². The van der Waals surface area contributed by atoms with Crippen LogP contribution < -0.4 is 19.5 Å². The Hall–Kier alpha value is -4.39. The molecule has 4 aromatic rings. The van der Waals surface area contributed by atoms with E-state index in [1.54, 1.807) is 18.2 Å². The summed E-state index contributed by atoms with van der Waals surface area (Å²) in [6.45, 7) is 0.599. The monoisotopic (exact) mass is 425 g/mol. The van der Waals surface area contributed by atoms with Gasteiger partial charge in [0.15, 0.2) is 11.5 Å². The van der Waals surface area contributed by atoms with Gasteiger partial charge in [0.25, 0.3) is 5.91 Å². The highest BCUT2D eigenvalue weighted by Gasteiger charge is 2.14. The van der Waals surface area contributed by atoms with Gasteiger partial charge in [-0.05, 0) is 42.0 Å². The van der Waals surface area contributed by atoms with Crippen LogP contribution in [0.25, 0.3) is 11.3 Å². The van der Waals surface area contributed by atoms with Crippen molar-refractivity contribution in [2.45, 2.75) is 6.54 Å². The van der Waals surface area contributed by atoms with Gasteiger partial charge in [-0.1, -0.05) is 36.4 Å². The van der Waals surface area contributed by atoms with Crippen LogP contribution in [0, 0.1) is 0 Å². The van der Waals surface area contributed by atoms with Crippen molar-refractivity contribution in [1.82, 2.24) is 15.3 Å². The van der Waals surface area contributed by atoms with Crippen LogP contribution >= 0.6 is 0 Å². The predicted molar refractivity (Wildman–Crippen MR) is 118 cm³/mol. The molecular weight excluding hydrogens is 406 g/mol. The number of nitrogens with zero attached hydrogens (tertiary/aromatic N) is 2. The van der Waals surface area contributed by atoms with E-state index in [4.69, 9.17) is 14.2 Å². The zero-order valence-corrected chi connectivity index (χ0v) is 17.0. The zero-order valence-electron chi connectivity index (χ0n) is 17.0. The van der Waals surface area contributed by atoms with E-state index in [1.165, 1.54) is 6.33 Å². The van der Waals surface area contributed by atoms with Gasteiger partial charge < -0.3 is 19.5 Å². The largest absolute Gasteiger partial charge is 0.454 e. The predicted octanol–water partition coefficient (Wildman–Crippen LogP) is 4.59. The first-order chi connectivity index (χ1) is 15.7. The molecule has 0 saturated heterocycles. The highest BCUT2D eigenvalue weighted by atomic mass is 16.7. The van der Waals surface area contributed by atoms with Crippen molar-refractivity contribution in [1.29, 1.82) is 0 Å². The number of benzene rings is 3. The van der Waals surface area contributed by atoms with E-state index in [-0.39, 0.29) is 12.7 Å². The molecule has 3 aromatic carbocycles. The van der Waals surface area contributed by atoms with Gasteiger partial charge in [-0.15, -0.1) is 0 Å². The minimum Gasteiger partial charge on any atom is -0.454 e. The number of hydrogen-bond donors (Lipinski definition) is 1. The Kier molecular flexibility index (Phi) is 5.36. The van der Waals surface area contributed by atoms with Crippen LogP contribution in [0.4, 0.5) is 0 Å². The molecule has 0 unspecified atom stereocenters. The van der Waals surface area contributed by atoms with Crippen LogP contribution in [-0.4, -0.2) is 22.7 Å². The third-order valence-electron chi connectivity index (χ3n) is 4.92. The number of carbonyl (C=O) groups excluding carboxylic acids is 1. The normalized spacial score (nSPS) is 11.8. The molecule has 0 radical (unpaired) electrons. The van der Waals surface area contributed by atoms with E-state index in [0.29, 0.717) is 40.9 Å². The number of carbonyl (C=O) groups is 1. The van der Waals surface area contributed by atoms with Gasteiger partial charge >= 0.3 is 0 Å². The minimum absolute atomic E-state index is 0.181. The Bertz CT molecular complexity index is 1260. The average Bonchev–Trinajstić information content (AvgIpc) is 3.31. The summed E-state index contributed by atoms with van der Waals surface area (Å²) in [5.74, 6) is 2.34. The van der Waals surface area contributed by atoms with Crippen LogP contribution in [-0.2, 0) is 6.54 Å². The Balaban J connectivity index is 1.29. The summed E-state index contributed by atoms with van der Waals surface area (Å²) < 4.78 is 16.5. The molecule has 0 aliphatic carbocycles. The SMILES string of the molecule is O=C(NCc1ccc2c(c1)OCO2)c1cccc(-c2cc(Oc3ccccc3)ncn2)c1.